The van der Waals surface area contributed by atoms with Gasteiger partial charge in [0.25, 0.3) is 5.91 Å². The summed E-state index contributed by atoms with van der Waals surface area (Å²) in [7, 11) is 0. The van der Waals surface area contributed by atoms with Crippen LogP contribution in [-0.2, 0) is 14.4 Å². The van der Waals surface area contributed by atoms with Gasteiger partial charge in [-0.15, -0.1) is 0 Å². The molecular weight excluding hydrogens is 416 g/mol. The maximum atomic E-state index is 12.9. The summed E-state index contributed by atoms with van der Waals surface area (Å²) in [6.07, 6.45) is 0.878. The molecule has 1 spiro atoms. The molecule has 32 heavy (non-hydrogen) atoms. The van der Waals surface area contributed by atoms with E-state index in [1.165, 1.54) is 6.92 Å². The largest absolute Gasteiger partial charge is 0.481 e. The molecular formula is C21H26N6O5. The lowest BCUT2D eigenvalue weighted by atomic mass is 9.87. The molecule has 0 bridgehead atoms. The number of fused-ring (bicyclic) bond motifs is 1. The number of H-pyrrole nitrogens is 1. The Balaban J connectivity index is 1.27. The van der Waals surface area contributed by atoms with Crippen LogP contribution in [-0.4, -0.2) is 80.4 Å². The van der Waals surface area contributed by atoms with E-state index in [-0.39, 0.29) is 18.9 Å². The number of aromatic nitrogens is 2. The number of carbonyl (C=O) groups is 4. The summed E-state index contributed by atoms with van der Waals surface area (Å²) in [4.78, 5) is 59.0. The van der Waals surface area contributed by atoms with Crippen molar-refractivity contribution in [2.75, 3.05) is 31.5 Å². The van der Waals surface area contributed by atoms with Crippen LogP contribution in [0.4, 0.5) is 10.7 Å². The predicted molar refractivity (Wildman–Crippen MR) is 115 cm³/mol. The van der Waals surface area contributed by atoms with Crippen molar-refractivity contribution in [3.05, 3.63) is 24.3 Å². The van der Waals surface area contributed by atoms with Crippen LogP contribution in [0.15, 0.2) is 24.3 Å². The lowest BCUT2D eigenvalue weighted by Crippen LogP contribution is -2.56. The normalized spacial score (nSPS) is 18.8. The highest BCUT2D eigenvalue weighted by atomic mass is 16.4. The van der Waals surface area contributed by atoms with Crippen molar-refractivity contribution in [2.24, 2.45) is 5.92 Å². The van der Waals surface area contributed by atoms with Crippen LogP contribution in [0.3, 0.4) is 0 Å². The van der Waals surface area contributed by atoms with Crippen LogP contribution in [0.25, 0.3) is 11.0 Å². The molecule has 170 valence electrons. The van der Waals surface area contributed by atoms with Gasteiger partial charge in [-0.25, -0.2) is 9.78 Å². The van der Waals surface area contributed by atoms with Crippen molar-refractivity contribution in [1.29, 1.82) is 0 Å². The molecule has 11 heteroatoms. The Morgan fingerprint density at radius 1 is 1.25 bits per heavy atom. The van der Waals surface area contributed by atoms with Crippen LogP contribution in [0.1, 0.15) is 26.2 Å². The quantitative estimate of drug-likeness (QED) is 0.468. The lowest BCUT2D eigenvalue weighted by molar-refractivity contribution is -0.143. The van der Waals surface area contributed by atoms with E-state index in [0.717, 1.165) is 15.9 Å². The molecule has 2 aliphatic heterocycles. The Bertz CT molecular complexity index is 1020. The van der Waals surface area contributed by atoms with Crippen molar-refractivity contribution >= 4 is 40.8 Å². The molecule has 1 aromatic heterocycles. The van der Waals surface area contributed by atoms with Gasteiger partial charge >= 0.3 is 12.0 Å². The van der Waals surface area contributed by atoms with Gasteiger partial charge in [-0.2, -0.15) is 0 Å². The Morgan fingerprint density at radius 3 is 2.66 bits per heavy atom. The third-order valence-electron chi connectivity index (χ3n) is 6.11. The van der Waals surface area contributed by atoms with Gasteiger partial charge in [0.2, 0.25) is 11.9 Å². The molecule has 11 nitrogen and oxygen atoms in total. The van der Waals surface area contributed by atoms with Gasteiger partial charge in [0.1, 0.15) is 5.54 Å². The Hall–Kier alpha value is -3.63. The highest BCUT2D eigenvalue weighted by Gasteiger charge is 2.53. The minimum Gasteiger partial charge on any atom is -0.481 e. The molecule has 4 amide bonds. The van der Waals surface area contributed by atoms with E-state index in [2.05, 4.69) is 20.6 Å². The summed E-state index contributed by atoms with van der Waals surface area (Å²) in [5, 5.41) is 14.9. The fourth-order valence-electron chi connectivity index (χ4n) is 4.15. The zero-order valence-electron chi connectivity index (χ0n) is 17.8. The molecule has 1 aromatic carbocycles. The number of hydrogen-bond donors (Lipinski definition) is 4. The summed E-state index contributed by atoms with van der Waals surface area (Å²) < 4.78 is 0. The monoisotopic (exact) mass is 442 g/mol. The first-order valence-electron chi connectivity index (χ1n) is 10.6. The van der Waals surface area contributed by atoms with Crippen molar-refractivity contribution < 1.29 is 24.3 Å². The number of carboxylic acid groups (broad SMARTS) is 1. The molecule has 4 N–H and O–H groups in total. The summed E-state index contributed by atoms with van der Waals surface area (Å²) in [5.41, 5.74) is 0.703. The molecule has 2 saturated heterocycles. The van der Waals surface area contributed by atoms with E-state index in [9.17, 15) is 19.2 Å². The van der Waals surface area contributed by atoms with Gasteiger partial charge in [-0.1, -0.05) is 19.1 Å². The van der Waals surface area contributed by atoms with Crippen LogP contribution in [0, 0.1) is 5.92 Å². The zero-order chi connectivity index (χ0) is 22.9. The SMILES string of the molecule is C[C@@H](CN1C(=O)NC2(CCN(C(=O)CCNc3nc4ccccc4[nH]3)CC2)C1=O)C(=O)O. The smallest absolute Gasteiger partial charge is 0.325 e. The van der Waals surface area contributed by atoms with Crippen molar-refractivity contribution in [2.45, 2.75) is 31.7 Å². The fraction of sp³-hybridized carbons (Fsp3) is 0.476. The van der Waals surface area contributed by atoms with E-state index in [1.807, 2.05) is 24.3 Å². The number of imidazole rings is 1. The number of benzene rings is 1. The topological polar surface area (TPSA) is 148 Å². The molecule has 4 rings (SSSR count). The molecule has 3 heterocycles. The van der Waals surface area contributed by atoms with Crippen molar-refractivity contribution in [3.63, 3.8) is 0 Å². The van der Waals surface area contributed by atoms with Gasteiger partial charge in [-0.05, 0) is 25.0 Å². The Morgan fingerprint density at radius 2 is 1.97 bits per heavy atom. The number of anilines is 1. The number of likely N-dealkylation sites (tertiary alicyclic amines) is 1. The van der Waals surface area contributed by atoms with Gasteiger partial charge in [0, 0.05) is 32.6 Å². The van der Waals surface area contributed by atoms with Gasteiger partial charge < -0.3 is 25.6 Å². The molecule has 0 radical (unpaired) electrons. The zero-order valence-corrected chi connectivity index (χ0v) is 17.8. The number of aliphatic carboxylic acids is 1. The number of nitrogens with one attached hydrogen (secondary N) is 3. The number of hydrogen-bond acceptors (Lipinski definition) is 6. The highest BCUT2D eigenvalue weighted by molar-refractivity contribution is 6.07. The predicted octanol–water partition coefficient (Wildman–Crippen LogP) is 0.999. The second-order valence-corrected chi connectivity index (χ2v) is 8.33. The van der Waals surface area contributed by atoms with Crippen LogP contribution < -0.4 is 10.6 Å². The average molecular weight is 442 g/mol. The number of amides is 4. The average Bonchev–Trinajstić information content (AvgIpc) is 3.28. The van der Waals surface area contributed by atoms with Crippen LogP contribution >= 0.6 is 0 Å². The lowest BCUT2D eigenvalue weighted by Gasteiger charge is -2.37. The minimum atomic E-state index is -1.07. The number of para-hydroxylation sites is 2. The van der Waals surface area contributed by atoms with Crippen LogP contribution in [0.5, 0.6) is 0 Å². The summed E-state index contributed by atoms with van der Waals surface area (Å²) in [6, 6.07) is 7.08. The van der Waals surface area contributed by atoms with Crippen molar-refractivity contribution in [3.8, 4) is 0 Å². The summed E-state index contributed by atoms with van der Waals surface area (Å²) in [5.74, 6) is -1.76. The van der Waals surface area contributed by atoms with Gasteiger partial charge in [-0.3, -0.25) is 19.3 Å². The molecule has 1 atom stereocenters. The number of carboxylic acids is 1. The van der Waals surface area contributed by atoms with E-state index in [1.54, 1.807) is 4.90 Å². The number of imide groups is 1. The van der Waals surface area contributed by atoms with E-state index in [0.29, 0.717) is 38.4 Å². The highest BCUT2D eigenvalue weighted by Crippen LogP contribution is 2.30. The Kier molecular flexibility index (Phi) is 5.72. The third-order valence-corrected chi connectivity index (χ3v) is 6.11. The number of nitrogens with zero attached hydrogens (tertiary/aromatic N) is 3. The molecule has 0 saturated carbocycles. The molecule has 2 aromatic rings. The summed E-state index contributed by atoms with van der Waals surface area (Å²) in [6.45, 7) is 2.39. The molecule has 0 aliphatic carbocycles. The molecule has 2 fully saturated rings. The fourth-order valence-corrected chi connectivity index (χ4v) is 4.15. The maximum absolute atomic E-state index is 12.9. The minimum absolute atomic E-state index is 0.0448. The Labute approximate surface area is 184 Å². The number of rotatable bonds is 7. The van der Waals surface area contributed by atoms with Gasteiger partial charge in [0.05, 0.1) is 17.0 Å². The third kappa shape index (κ3) is 4.10. The number of piperidine rings is 1. The van der Waals surface area contributed by atoms with E-state index >= 15 is 0 Å². The van der Waals surface area contributed by atoms with E-state index in [4.69, 9.17) is 5.11 Å². The van der Waals surface area contributed by atoms with Crippen LogP contribution in [0.2, 0.25) is 0 Å². The standard InChI is InChI=1S/C21H26N6O5/c1-13(17(29)30)12-27-18(31)21(25-20(27)32)7-10-26(11-8-21)16(28)6-9-22-19-23-14-4-2-3-5-15(14)24-19/h2-5,13H,6-12H2,1H3,(H,25,32)(H,29,30)(H2,22,23,24)/t13-/m0/s1. The van der Waals surface area contributed by atoms with E-state index < -0.39 is 29.4 Å². The van der Waals surface area contributed by atoms with Crippen molar-refractivity contribution in [1.82, 2.24) is 25.1 Å². The second-order valence-electron chi connectivity index (χ2n) is 8.33. The molecule has 0 unspecified atom stereocenters. The molecule has 2 aliphatic rings. The number of carbonyl (C=O) groups excluding carboxylic acids is 3. The number of urea groups is 1. The maximum Gasteiger partial charge on any atom is 0.325 e. The first kappa shape index (κ1) is 21.6. The first-order valence-corrected chi connectivity index (χ1v) is 10.6. The summed E-state index contributed by atoms with van der Waals surface area (Å²) >= 11 is 0. The number of aromatic amines is 1. The first-order chi connectivity index (χ1) is 15.3. The van der Waals surface area contributed by atoms with Gasteiger partial charge in [0.15, 0.2) is 0 Å². The second kappa shape index (κ2) is 8.48.